The van der Waals surface area contributed by atoms with Crippen LogP contribution in [0.15, 0.2) is 16.7 Å². The smallest absolute Gasteiger partial charge is 0.278 e. The Bertz CT molecular complexity index is 612. The van der Waals surface area contributed by atoms with Gasteiger partial charge in [-0.05, 0) is 28.9 Å². The number of aromatic amines is 1. The molecule has 8 heteroatoms. The maximum absolute atomic E-state index is 11.9. The number of carbonyl (C=O) groups is 1. The van der Waals surface area contributed by atoms with Crippen molar-refractivity contribution in [3.05, 3.63) is 33.3 Å². The van der Waals surface area contributed by atoms with Gasteiger partial charge in [-0.15, -0.1) is 0 Å². The maximum atomic E-state index is 11.9. The first-order valence-corrected chi connectivity index (χ1v) is 6.09. The minimum atomic E-state index is -0.409. The second-order valence-electron chi connectivity index (χ2n) is 3.56. The number of anilines is 2. The number of rotatable bonds is 2. The van der Waals surface area contributed by atoms with E-state index in [2.05, 4.69) is 36.4 Å². The third-order valence-corrected chi connectivity index (χ3v) is 3.40. The molecule has 1 amide bonds. The van der Waals surface area contributed by atoms with Crippen LogP contribution in [-0.2, 0) is 0 Å². The van der Waals surface area contributed by atoms with E-state index in [9.17, 15) is 4.79 Å². The first-order valence-electron chi connectivity index (χ1n) is 4.92. The summed E-state index contributed by atoms with van der Waals surface area (Å²) in [7, 11) is 0. The monoisotopic (exact) mass is 329 g/mol. The molecule has 4 N–H and O–H groups in total. The van der Waals surface area contributed by atoms with Crippen LogP contribution in [0.3, 0.4) is 0 Å². The molecule has 0 aliphatic heterocycles. The van der Waals surface area contributed by atoms with E-state index in [1.54, 1.807) is 13.0 Å². The molecule has 0 spiro atoms. The van der Waals surface area contributed by atoms with Crippen LogP contribution in [0.4, 0.5) is 11.4 Å². The highest BCUT2D eigenvalue weighted by molar-refractivity contribution is 9.10. The zero-order chi connectivity index (χ0) is 13.3. The highest BCUT2D eigenvalue weighted by Crippen LogP contribution is 2.23. The summed E-state index contributed by atoms with van der Waals surface area (Å²) < 4.78 is 0.591. The van der Waals surface area contributed by atoms with Gasteiger partial charge >= 0.3 is 0 Å². The van der Waals surface area contributed by atoms with Crippen LogP contribution in [-0.4, -0.2) is 21.1 Å². The van der Waals surface area contributed by atoms with Crippen molar-refractivity contribution < 1.29 is 4.79 Å². The Morgan fingerprint density at radius 3 is 2.89 bits per heavy atom. The van der Waals surface area contributed by atoms with Crippen LogP contribution in [0.1, 0.15) is 16.2 Å². The molecule has 0 fully saturated rings. The Labute approximate surface area is 116 Å². The summed E-state index contributed by atoms with van der Waals surface area (Å²) in [5, 5.41) is 9.42. The number of hydrogen-bond donors (Lipinski definition) is 3. The van der Waals surface area contributed by atoms with Crippen LogP contribution in [0.5, 0.6) is 0 Å². The molecule has 2 rings (SSSR count). The molecule has 18 heavy (non-hydrogen) atoms. The molecule has 0 saturated carbocycles. The standard InChI is InChI=1S/C10H9BrClN5O/c1-4-7(13)8(17-16-4)10(18)15-5-2-6(11)9(12)14-3-5/h2-3H,13H2,1H3,(H,15,18)(H,16,17). The summed E-state index contributed by atoms with van der Waals surface area (Å²) in [5.74, 6) is -0.409. The van der Waals surface area contributed by atoms with E-state index >= 15 is 0 Å². The number of nitrogen functional groups attached to an aromatic ring is 1. The van der Waals surface area contributed by atoms with Gasteiger partial charge < -0.3 is 11.1 Å². The number of carbonyl (C=O) groups excluding carboxylic acids is 1. The van der Waals surface area contributed by atoms with Crippen LogP contribution >= 0.6 is 27.5 Å². The number of nitrogens with zero attached hydrogens (tertiary/aromatic N) is 2. The van der Waals surface area contributed by atoms with Crippen LogP contribution in [0.2, 0.25) is 5.15 Å². The third kappa shape index (κ3) is 2.46. The topological polar surface area (TPSA) is 96.7 Å². The molecule has 6 nitrogen and oxygen atoms in total. The summed E-state index contributed by atoms with van der Waals surface area (Å²) >= 11 is 8.97. The lowest BCUT2D eigenvalue weighted by molar-refractivity contribution is 0.102. The van der Waals surface area contributed by atoms with Gasteiger partial charge in [0.25, 0.3) is 5.91 Å². The first-order chi connectivity index (χ1) is 8.49. The second-order valence-corrected chi connectivity index (χ2v) is 4.77. The van der Waals surface area contributed by atoms with Gasteiger partial charge in [-0.2, -0.15) is 5.10 Å². The molecule has 0 aliphatic rings. The van der Waals surface area contributed by atoms with Gasteiger partial charge in [-0.1, -0.05) is 11.6 Å². The normalized spacial score (nSPS) is 10.4. The fourth-order valence-corrected chi connectivity index (χ4v) is 1.74. The number of amides is 1. The summed E-state index contributed by atoms with van der Waals surface area (Å²) in [4.78, 5) is 15.8. The van der Waals surface area contributed by atoms with Crippen molar-refractivity contribution in [2.75, 3.05) is 11.1 Å². The summed E-state index contributed by atoms with van der Waals surface area (Å²) in [5.41, 5.74) is 7.33. The summed E-state index contributed by atoms with van der Waals surface area (Å²) in [6.07, 6.45) is 1.45. The SMILES string of the molecule is Cc1[nH]nc(C(=O)Nc2cnc(Cl)c(Br)c2)c1N. The molecule has 2 heterocycles. The van der Waals surface area contributed by atoms with Crippen LogP contribution in [0, 0.1) is 6.92 Å². The predicted octanol–water partition coefficient (Wildman–Crippen LogP) is 2.36. The minimum absolute atomic E-state index is 0.151. The van der Waals surface area contributed by atoms with Crippen molar-refractivity contribution in [2.24, 2.45) is 0 Å². The van der Waals surface area contributed by atoms with E-state index in [1.165, 1.54) is 6.20 Å². The fourth-order valence-electron chi connectivity index (χ4n) is 1.29. The number of aryl methyl sites for hydroxylation is 1. The Morgan fingerprint density at radius 1 is 1.61 bits per heavy atom. The van der Waals surface area contributed by atoms with Crippen molar-refractivity contribution in [2.45, 2.75) is 6.92 Å². The predicted molar refractivity (Wildman–Crippen MR) is 72.6 cm³/mol. The highest BCUT2D eigenvalue weighted by atomic mass is 79.9. The lowest BCUT2D eigenvalue weighted by Crippen LogP contribution is -2.14. The molecule has 0 atom stereocenters. The minimum Gasteiger partial charge on any atom is -0.395 e. The Hall–Kier alpha value is -1.60. The molecule has 0 aromatic carbocycles. The number of aromatic nitrogens is 3. The van der Waals surface area contributed by atoms with Crippen LogP contribution in [0.25, 0.3) is 0 Å². The zero-order valence-electron chi connectivity index (χ0n) is 9.29. The van der Waals surface area contributed by atoms with Gasteiger partial charge in [-0.25, -0.2) is 4.98 Å². The average molecular weight is 331 g/mol. The third-order valence-electron chi connectivity index (χ3n) is 2.26. The second kappa shape index (κ2) is 4.95. The molecule has 2 aromatic rings. The van der Waals surface area contributed by atoms with Crippen molar-refractivity contribution in [3.8, 4) is 0 Å². The van der Waals surface area contributed by atoms with Crippen LogP contribution < -0.4 is 11.1 Å². The molecule has 0 radical (unpaired) electrons. The molecule has 0 aliphatic carbocycles. The fraction of sp³-hybridized carbons (Fsp3) is 0.100. The van der Waals surface area contributed by atoms with Gasteiger partial charge in [0.05, 0.1) is 27.7 Å². The van der Waals surface area contributed by atoms with Gasteiger partial charge in [0.2, 0.25) is 0 Å². The van der Waals surface area contributed by atoms with E-state index in [1.807, 2.05) is 0 Å². The number of halogens is 2. The molecular formula is C10H9BrClN5O. The molecular weight excluding hydrogens is 322 g/mol. The number of nitrogens with two attached hydrogens (primary N) is 1. The van der Waals surface area contributed by atoms with Gasteiger partial charge in [0, 0.05) is 0 Å². The highest BCUT2D eigenvalue weighted by Gasteiger charge is 2.15. The lowest BCUT2D eigenvalue weighted by Gasteiger charge is -2.04. The molecule has 0 unspecified atom stereocenters. The summed E-state index contributed by atoms with van der Waals surface area (Å²) in [6, 6.07) is 1.64. The quantitative estimate of drug-likeness (QED) is 0.736. The Balaban J connectivity index is 2.21. The van der Waals surface area contributed by atoms with Gasteiger partial charge in [-0.3, -0.25) is 9.89 Å². The maximum Gasteiger partial charge on any atom is 0.278 e. The molecule has 2 aromatic heterocycles. The first kappa shape index (κ1) is 12.8. The number of nitrogens with one attached hydrogen (secondary N) is 2. The number of hydrogen-bond acceptors (Lipinski definition) is 4. The largest absolute Gasteiger partial charge is 0.395 e. The Morgan fingerprint density at radius 2 is 2.33 bits per heavy atom. The number of pyridine rings is 1. The van der Waals surface area contributed by atoms with Gasteiger partial charge in [0.1, 0.15) is 5.15 Å². The van der Waals surface area contributed by atoms with E-state index in [0.29, 0.717) is 26.7 Å². The van der Waals surface area contributed by atoms with E-state index in [0.717, 1.165) is 0 Å². The molecule has 94 valence electrons. The van der Waals surface area contributed by atoms with Crippen molar-refractivity contribution in [3.63, 3.8) is 0 Å². The van der Waals surface area contributed by atoms with E-state index in [-0.39, 0.29) is 5.69 Å². The Kier molecular flexibility index (Phi) is 3.53. The van der Waals surface area contributed by atoms with Crippen molar-refractivity contribution >= 4 is 44.8 Å². The lowest BCUT2D eigenvalue weighted by atomic mass is 10.3. The van der Waals surface area contributed by atoms with E-state index in [4.69, 9.17) is 17.3 Å². The number of H-pyrrole nitrogens is 1. The van der Waals surface area contributed by atoms with Crippen molar-refractivity contribution in [1.29, 1.82) is 0 Å². The zero-order valence-corrected chi connectivity index (χ0v) is 11.6. The molecule has 0 bridgehead atoms. The molecule has 0 saturated heterocycles. The summed E-state index contributed by atoms with van der Waals surface area (Å²) in [6.45, 7) is 1.74. The average Bonchev–Trinajstić information content (AvgIpc) is 2.65. The van der Waals surface area contributed by atoms with Crippen molar-refractivity contribution in [1.82, 2.24) is 15.2 Å². The van der Waals surface area contributed by atoms with E-state index < -0.39 is 5.91 Å². The van der Waals surface area contributed by atoms with Gasteiger partial charge in [0.15, 0.2) is 5.69 Å².